The first-order valence-corrected chi connectivity index (χ1v) is 8.57. The summed E-state index contributed by atoms with van der Waals surface area (Å²) >= 11 is 5.93. The van der Waals surface area contributed by atoms with E-state index in [9.17, 15) is 13.5 Å². The van der Waals surface area contributed by atoms with Gasteiger partial charge >= 0.3 is 0 Å². The van der Waals surface area contributed by atoms with E-state index < -0.39 is 10.0 Å². The molecule has 21 heavy (non-hydrogen) atoms. The van der Waals surface area contributed by atoms with Crippen LogP contribution in [-0.4, -0.2) is 26.7 Å². The molecule has 120 valence electrons. The van der Waals surface area contributed by atoms with Crippen LogP contribution in [0.15, 0.2) is 17.0 Å². The number of aliphatic hydroxyl groups is 1. The first-order chi connectivity index (χ1) is 9.71. The summed E-state index contributed by atoms with van der Waals surface area (Å²) in [5.41, 5.74) is 0.335. The summed E-state index contributed by atoms with van der Waals surface area (Å²) in [5.74, 6) is 0.489. The summed E-state index contributed by atoms with van der Waals surface area (Å²) in [4.78, 5) is -0.0582. The van der Waals surface area contributed by atoms with Gasteiger partial charge < -0.3 is 9.84 Å². The minimum atomic E-state index is -3.77. The Labute approximate surface area is 131 Å². The lowest BCUT2D eigenvalue weighted by Gasteiger charge is -2.18. The summed E-state index contributed by atoms with van der Waals surface area (Å²) in [6.07, 6.45) is 0.717. The third-order valence-electron chi connectivity index (χ3n) is 2.94. The van der Waals surface area contributed by atoms with E-state index in [1.807, 2.05) is 20.8 Å². The van der Waals surface area contributed by atoms with Crippen LogP contribution in [0.4, 0.5) is 0 Å². The van der Waals surface area contributed by atoms with Crippen LogP contribution >= 0.6 is 11.6 Å². The van der Waals surface area contributed by atoms with Crippen LogP contribution in [0.1, 0.15) is 32.8 Å². The standard InChI is InChI=1S/C14H22ClNO4S/c1-9(2)5-10(3)16-21(18,19)13-7-12(15)6-11(8-17)14(13)20-4/h6-7,9-10,16-17H,5,8H2,1-4H3. The molecule has 0 saturated carbocycles. The molecule has 0 amide bonds. The summed E-state index contributed by atoms with van der Waals surface area (Å²) in [5, 5.41) is 9.54. The first-order valence-electron chi connectivity index (χ1n) is 6.70. The van der Waals surface area contributed by atoms with Crippen LogP contribution in [-0.2, 0) is 16.6 Å². The second kappa shape index (κ2) is 7.45. The number of hydrogen-bond acceptors (Lipinski definition) is 4. The molecule has 0 spiro atoms. The van der Waals surface area contributed by atoms with Crippen molar-refractivity contribution in [1.29, 1.82) is 0 Å². The fourth-order valence-corrected chi connectivity index (χ4v) is 4.05. The van der Waals surface area contributed by atoms with Crippen molar-refractivity contribution < 1.29 is 18.3 Å². The Morgan fingerprint density at radius 1 is 1.33 bits per heavy atom. The highest BCUT2D eigenvalue weighted by molar-refractivity contribution is 7.89. The van der Waals surface area contributed by atoms with Gasteiger partial charge in [-0.05, 0) is 31.4 Å². The molecule has 0 aliphatic rings. The molecule has 5 nitrogen and oxygen atoms in total. The zero-order chi connectivity index (χ0) is 16.2. The molecule has 0 fully saturated rings. The summed E-state index contributed by atoms with van der Waals surface area (Å²) in [6, 6.07) is 2.59. The normalized spacial score (nSPS) is 13.5. The minimum absolute atomic E-state index is 0.0582. The number of rotatable bonds is 7. The molecule has 0 heterocycles. The van der Waals surface area contributed by atoms with Crippen molar-refractivity contribution in [3.63, 3.8) is 0 Å². The summed E-state index contributed by atoms with van der Waals surface area (Å²) < 4.78 is 32.7. The summed E-state index contributed by atoms with van der Waals surface area (Å²) in [6.45, 7) is 5.50. The Balaban J connectivity index is 3.21. The van der Waals surface area contributed by atoms with Crippen LogP contribution in [0.5, 0.6) is 5.75 Å². The van der Waals surface area contributed by atoms with Gasteiger partial charge in [-0.25, -0.2) is 13.1 Å². The average molecular weight is 336 g/mol. The van der Waals surface area contributed by atoms with Crippen LogP contribution in [0.2, 0.25) is 5.02 Å². The van der Waals surface area contributed by atoms with Gasteiger partial charge in [0.25, 0.3) is 0 Å². The molecule has 0 saturated heterocycles. The van der Waals surface area contributed by atoms with E-state index >= 15 is 0 Å². The van der Waals surface area contributed by atoms with E-state index in [4.69, 9.17) is 16.3 Å². The molecule has 0 aromatic heterocycles. The third-order valence-corrected chi connectivity index (χ3v) is 4.75. The molecule has 2 N–H and O–H groups in total. The fraction of sp³-hybridized carbons (Fsp3) is 0.571. The maximum Gasteiger partial charge on any atom is 0.244 e. The molecule has 0 radical (unpaired) electrons. The van der Waals surface area contributed by atoms with Gasteiger partial charge in [0.05, 0.1) is 13.7 Å². The van der Waals surface area contributed by atoms with Gasteiger partial charge in [0, 0.05) is 16.6 Å². The lowest BCUT2D eigenvalue weighted by Crippen LogP contribution is -2.33. The first kappa shape index (κ1) is 18.2. The average Bonchev–Trinajstić information content (AvgIpc) is 2.35. The SMILES string of the molecule is COc1c(CO)cc(Cl)cc1S(=O)(=O)NC(C)CC(C)C. The van der Waals surface area contributed by atoms with Gasteiger partial charge in [0.15, 0.2) is 0 Å². The van der Waals surface area contributed by atoms with E-state index in [0.29, 0.717) is 11.5 Å². The monoisotopic (exact) mass is 335 g/mol. The zero-order valence-electron chi connectivity index (χ0n) is 12.7. The highest BCUT2D eigenvalue weighted by Gasteiger charge is 2.24. The summed E-state index contributed by atoms with van der Waals surface area (Å²) in [7, 11) is -2.41. The smallest absolute Gasteiger partial charge is 0.244 e. The lowest BCUT2D eigenvalue weighted by molar-refractivity contribution is 0.272. The number of hydrogen-bond donors (Lipinski definition) is 2. The molecule has 0 aliphatic carbocycles. The van der Waals surface area contributed by atoms with Crippen molar-refractivity contribution >= 4 is 21.6 Å². The van der Waals surface area contributed by atoms with Crippen molar-refractivity contribution in [2.75, 3.05) is 7.11 Å². The number of halogens is 1. The second-order valence-electron chi connectivity index (χ2n) is 5.41. The predicted molar refractivity (Wildman–Crippen MR) is 83.2 cm³/mol. The highest BCUT2D eigenvalue weighted by Crippen LogP contribution is 2.32. The van der Waals surface area contributed by atoms with Crippen LogP contribution in [0.3, 0.4) is 0 Å². The van der Waals surface area contributed by atoms with Crippen molar-refractivity contribution in [3.8, 4) is 5.75 Å². The van der Waals surface area contributed by atoms with Crippen LogP contribution in [0, 0.1) is 5.92 Å². The number of methoxy groups -OCH3 is 1. The predicted octanol–water partition coefficient (Wildman–Crippen LogP) is 2.55. The number of aliphatic hydroxyl groups excluding tert-OH is 1. The Kier molecular flexibility index (Phi) is 6.46. The number of nitrogens with one attached hydrogen (secondary N) is 1. The highest BCUT2D eigenvalue weighted by atomic mass is 35.5. The Bertz CT molecular complexity index is 587. The van der Waals surface area contributed by atoms with Gasteiger partial charge in [0.1, 0.15) is 10.6 Å². The molecule has 7 heteroatoms. The molecule has 1 aromatic carbocycles. The van der Waals surface area contributed by atoms with E-state index in [1.54, 1.807) is 0 Å². The topological polar surface area (TPSA) is 75.6 Å². The third kappa shape index (κ3) is 4.85. The molecule has 1 atom stereocenters. The molecular weight excluding hydrogens is 314 g/mol. The molecule has 0 aliphatic heterocycles. The lowest BCUT2D eigenvalue weighted by atomic mass is 10.1. The van der Waals surface area contributed by atoms with E-state index in [-0.39, 0.29) is 28.3 Å². The number of ether oxygens (including phenoxy) is 1. The Hall–Kier alpha value is -0.820. The maximum atomic E-state index is 12.5. The van der Waals surface area contributed by atoms with Crippen molar-refractivity contribution in [2.24, 2.45) is 5.92 Å². The largest absolute Gasteiger partial charge is 0.495 e. The number of sulfonamides is 1. The van der Waals surface area contributed by atoms with E-state index in [1.165, 1.54) is 19.2 Å². The van der Waals surface area contributed by atoms with Gasteiger partial charge in [-0.1, -0.05) is 25.4 Å². The molecular formula is C14H22ClNO4S. The zero-order valence-corrected chi connectivity index (χ0v) is 14.3. The van der Waals surface area contributed by atoms with Gasteiger partial charge in [-0.15, -0.1) is 0 Å². The quantitative estimate of drug-likeness (QED) is 0.803. The Morgan fingerprint density at radius 3 is 2.43 bits per heavy atom. The van der Waals surface area contributed by atoms with Crippen LogP contribution < -0.4 is 9.46 Å². The van der Waals surface area contributed by atoms with E-state index in [0.717, 1.165) is 6.42 Å². The maximum absolute atomic E-state index is 12.5. The van der Waals surface area contributed by atoms with Gasteiger partial charge in [-0.2, -0.15) is 0 Å². The van der Waals surface area contributed by atoms with Crippen molar-refractivity contribution in [2.45, 2.75) is 44.7 Å². The fourth-order valence-electron chi connectivity index (χ4n) is 2.25. The Morgan fingerprint density at radius 2 is 1.95 bits per heavy atom. The van der Waals surface area contributed by atoms with Gasteiger partial charge in [0.2, 0.25) is 10.0 Å². The van der Waals surface area contributed by atoms with Crippen LogP contribution in [0.25, 0.3) is 0 Å². The second-order valence-corrected chi connectivity index (χ2v) is 7.53. The van der Waals surface area contributed by atoms with Gasteiger partial charge in [-0.3, -0.25) is 0 Å². The molecule has 1 rings (SSSR count). The van der Waals surface area contributed by atoms with Crippen molar-refractivity contribution in [3.05, 3.63) is 22.7 Å². The van der Waals surface area contributed by atoms with E-state index in [2.05, 4.69) is 4.72 Å². The van der Waals surface area contributed by atoms with Crippen molar-refractivity contribution in [1.82, 2.24) is 4.72 Å². The number of benzene rings is 1. The minimum Gasteiger partial charge on any atom is -0.495 e. The molecule has 0 bridgehead atoms. The molecule has 1 unspecified atom stereocenters. The molecule has 1 aromatic rings.